The number of nitrogens with one attached hydrogen (secondary N) is 3. The molecule has 9 rings (SSSR count). The van der Waals surface area contributed by atoms with Gasteiger partial charge in [-0.3, -0.25) is 23.9 Å². The maximum Gasteiger partial charge on any atom is 0.259 e. The van der Waals surface area contributed by atoms with Crippen molar-refractivity contribution in [3.63, 3.8) is 0 Å². The second-order valence-electron chi connectivity index (χ2n) is 16.6. The molecule has 3 N–H and O–H groups in total. The van der Waals surface area contributed by atoms with Crippen molar-refractivity contribution in [2.75, 3.05) is 6.54 Å². The maximum atomic E-state index is 14.6. The van der Waals surface area contributed by atoms with Crippen LogP contribution in [0, 0.1) is 24.6 Å². The zero-order valence-corrected chi connectivity index (χ0v) is 33.0. The van der Waals surface area contributed by atoms with Crippen molar-refractivity contribution in [1.29, 1.82) is 0 Å². The van der Waals surface area contributed by atoms with Crippen LogP contribution in [0.2, 0.25) is 0 Å². The summed E-state index contributed by atoms with van der Waals surface area (Å²) < 4.78 is 55.0. The van der Waals surface area contributed by atoms with Gasteiger partial charge in [-0.2, -0.15) is 0 Å². The SMILES string of the molecule is Cc1ccc2oc3c(O[C@@H]4C[C@H]5C(=O)N[C@]6(C(=O)NS(=O)(=O)C7CC7)C[C@@H]6/C=C\CCCCC[C@H](NC(=O)C6CC6)C(=O)N5C4)cc(-c4ccc(F)cc4)nc3c2c1. The molecule has 304 valence electrons. The van der Waals surface area contributed by atoms with E-state index >= 15 is 0 Å². The number of aromatic nitrogens is 1. The van der Waals surface area contributed by atoms with Crippen LogP contribution in [-0.4, -0.2) is 77.5 Å². The Morgan fingerprint density at radius 2 is 1.81 bits per heavy atom. The van der Waals surface area contributed by atoms with Crippen molar-refractivity contribution in [3.8, 4) is 17.0 Å². The molecule has 2 aromatic heterocycles. The number of hydrogen-bond donors (Lipinski definition) is 3. The van der Waals surface area contributed by atoms with Gasteiger partial charge in [0.15, 0.2) is 11.3 Å². The van der Waals surface area contributed by atoms with Crippen LogP contribution in [0.25, 0.3) is 33.3 Å². The first-order chi connectivity index (χ1) is 27.9. The predicted molar refractivity (Wildman–Crippen MR) is 212 cm³/mol. The number of ether oxygens (including phenoxy) is 1. The number of rotatable bonds is 8. The molecule has 13 nitrogen and oxygen atoms in total. The van der Waals surface area contributed by atoms with Gasteiger partial charge in [0.2, 0.25) is 27.7 Å². The molecule has 5 aliphatic rings. The van der Waals surface area contributed by atoms with Gasteiger partial charge in [-0.25, -0.2) is 17.8 Å². The van der Waals surface area contributed by atoms with Crippen LogP contribution < -0.4 is 20.1 Å². The third kappa shape index (κ3) is 7.56. The van der Waals surface area contributed by atoms with E-state index in [0.29, 0.717) is 65.8 Å². The van der Waals surface area contributed by atoms with Gasteiger partial charge >= 0.3 is 0 Å². The van der Waals surface area contributed by atoms with E-state index in [0.717, 1.165) is 36.6 Å². The highest BCUT2D eigenvalue weighted by Gasteiger charge is 2.62. The van der Waals surface area contributed by atoms with E-state index in [2.05, 4.69) is 15.4 Å². The topological polar surface area (TPSA) is 177 Å². The number of aryl methyl sites for hydroxylation is 1. The van der Waals surface area contributed by atoms with E-state index in [-0.39, 0.29) is 31.2 Å². The van der Waals surface area contributed by atoms with Crippen molar-refractivity contribution >= 4 is 55.7 Å². The molecule has 0 unspecified atom stereocenters. The first kappa shape index (κ1) is 38.2. The van der Waals surface area contributed by atoms with E-state index in [9.17, 15) is 32.0 Å². The number of amides is 4. The van der Waals surface area contributed by atoms with Crippen LogP contribution in [0.15, 0.2) is 65.1 Å². The van der Waals surface area contributed by atoms with Crippen LogP contribution >= 0.6 is 0 Å². The third-order valence-electron chi connectivity index (χ3n) is 12.1. The molecule has 4 amide bonds. The van der Waals surface area contributed by atoms with Gasteiger partial charge in [0.1, 0.15) is 40.6 Å². The summed E-state index contributed by atoms with van der Waals surface area (Å²) in [5.41, 5.74) is 2.08. The molecule has 4 heterocycles. The van der Waals surface area contributed by atoms with Gasteiger partial charge in [-0.15, -0.1) is 0 Å². The smallest absolute Gasteiger partial charge is 0.259 e. The van der Waals surface area contributed by atoms with Crippen molar-refractivity contribution in [2.24, 2.45) is 11.8 Å². The quantitative estimate of drug-likeness (QED) is 0.198. The molecule has 58 heavy (non-hydrogen) atoms. The number of halogens is 1. The number of allylic oxidation sites excluding steroid dienone is 1. The summed E-state index contributed by atoms with van der Waals surface area (Å²) in [5, 5.41) is 6.00. The molecule has 5 atom stereocenters. The highest BCUT2D eigenvalue weighted by molar-refractivity contribution is 7.91. The van der Waals surface area contributed by atoms with Crippen LogP contribution in [0.4, 0.5) is 4.39 Å². The number of hydrogen-bond acceptors (Lipinski definition) is 9. The lowest BCUT2D eigenvalue weighted by Crippen LogP contribution is -2.58. The molecule has 2 aromatic carbocycles. The van der Waals surface area contributed by atoms with Gasteiger partial charge < -0.3 is 24.7 Å². The lowest BCUT2D eigenvalue weighted by Gasteiger charge is -2.30. The minimum absolute atomic E-state index is 0.0223. The van der Waals surface area contributed by atoms with Crippen molar-refractivity contribution in [1.82, 2.24) is 25.2 Å². The number of sulfonamides is 1. The number of nitrogens with zero attached hydrogens (tertiary/aromatic N) is 2. The Bertz CT molecular complexity index is 2460. The van der Waals surface area contributed by atoms with Crippen LogP contribution in [0.1, 0.15) is 76.2 Å². The summed E-state index contributed by atoms with van der Waals surface area (Å²) in [5.74, 6) is -2.70. The average Bonchev–Trinajstić information content (AvgIpc) is 4.11. The van der Waals surface area contributed by atoms with Gasteiger partial charge in [-0.1, -0.05) is 36.6 Å². The number of fused-ring (bicyclic) bond motifs is 5. The first-order valence-electron chi connectivity index (χ1n) is 20.3. The predicted octanol–water partition coefficient (Wildman–Crippen LogP) is 5.34. The van der Waals surface area contributed by atoms with Crippen molar-refractivity contribution in [2.45, 2.75) is 107 Å². The highest BCUT2D eigenvalue weighted by Crippen LogP contribution is 2.46. The Balaban J connectivity index is 1.07. The average molecular weight is 812 g/mol. The first-order valence-corrected chi connectivity index (χ1v) is 21.9. The van der Waals surface area contributed by atoms with Crippen molar-refractivity contribution in [3.05, 3.63) is 72.1 Å². The fourth-order valence-corrected chi connectivity index (χ4v) is 9.70. The molecule has 2 aliphatic heterocycles. The fourth-order valence-electron chi connectivity index (χ4n) is 8.34. The largest absolute Gasteiger partial charge is 0.484 e. The molecule has 3 saturated carbocycles. The number of benzene rings is 2. The molecule has 15 heteroatoms. The Labute approximate surface area is 335 Å². The molecule has 4 aromatic rings. The van der Waals surface area contributed by atoms with E-state index in [4.69, 9.17) is 14.1 Å². The Morgan fingerprint density at radius 3 is 2.57 bits per heavy atom. The lowest BCUT2D eigenvalue weighted by molar-refractivity contribution is -0.142. The van der Waals surface area contributed by atoms with Crippen LogP contribution in [-0.2, 0) is 29.2 Å². The summed E-state index contributed by atoms with van der Waals surface area (Å²) in [6.45, 7) is 1.93. The monoisotopic (exact) mass is 811 g/mol. The van der Waals surface area contributed by atoms with Crippen LogP contribution in [0.3, 0.4) is 0 Å². The van der Waals surface area contributed by atoms with E-state index < -0.39 is 68.5 Å². The highest BCUT2D eigenvalue weighted by atomic mass is 32.2. The van der Waals surface area contributed by atoms with Crippen molar-refractivity contribution < 1.29 is 41.1 Å². The number of pyridine rings is 1. The van der Waals surface area contributed by atoms with Crippen LogP contribution in [0.5, 0.6) is 5.75 Å². The summed E-state index contributed by atoms with van der Waals surface area (Å²) in [6.07, 6.45) is 9.11. The van der Waals surface area contributed by atoms with E-state index in [1.807, 2.05) is 37.3 Å². The van der Waals surface area contributed by atoms with Gasteiger partial charge in [0.25, 0.3) is 5.91 Å². The lowest BCUT2D eigenvalue weighted by atomic mass is 10.0. The molecule has 0 radical (unpaired) electrons. The Kier molecular flexibility index (Phi) is 9.76. The number of carbonyl (C=O) groups is 4. The fraction of sp³-hybridized carbons (Fsp3) is 0.465. The third-order valence-corrected chi connectivity index (χ3v) is 13.9. The number of furan rings is 1. The van der Waals surface area contributed by atoms with Gasteiger partial charge in [-0.05, 0) is 94.7 Å². The Morgan fingerprint density at radius 1 is 1.02 bits per heavy atom. The zero-order valence-electron chi connectivity index (χ0n) is 32.2. The summed E-state index contributed by atoms with van der Waals surface area (Å²) in [7, 11) is -3.91. The second-order valence-corrected chi connectivity index (χ2v) is 18.6. The molecule has 3 aliphatic carbocycles. The van der Waals surface area contributed by atoms with Gasteiger partial charge in [0.05, 0.1) is 17.5 Å². The second kappa shape index (κ2) is 14.8. The zero-order chi connectivity index (χ0) is 40.3. The molecular weight excluding hydrogens is 766 g/mol. The molecule has 0 bridgehead atoms. The molecule has 1 saturated heterocycles. The minimum Gasteiger partial charge on any atom is -0.484 e. The normalized spacial score (nSPS) is 27.2. The maximum absolute atomic E-state index is 14.6. The Hall–Kier alpha value is -5.31. The minimum atomic E-state index is -3.91. The number of carbonyl (C=O) groups excluding carboxylic acids is 4. The standard InChI is InChI=1S/C43H46FN5O8S/c1-24-9-18-35-31(19-24)37-38(57-35)36(21-33(45-37)25-12-14-28(44)15-13-25)56-29-20-34-40(51)47-43(42(53)48-58(54,55)30-16-17-30)22-27(43)7-5-3-2-4-6-8-32(41(52)49(34)23-29)46-39(50)26-10-11-26/h5,7,9,12-15,18-19,21,26-27,29-30,32,34H,2-4,6,8,10-11,16-17,20,22-23H2,1H3,(H,46,50)(H,47,51)(H,48,53)/b7-5-/t27-,29+,32-,34-,43+/m0/s1. The molecule has 4 fully saturated rings. The van der Waals surface area contributed by atoms with E-state index in [1.54, 1.807) is 18.2 Å². The summed E-state index contributed by atoms with van der Waals surface area (Å²) >= 11 is 0. The van der Waals surface area contributed by atoms with E-state index in [1.165, 1.54) is 17.0 Å². The van der Waals surface area contributed by atoms with Gasteiger partial charge in [0, 0.05) is 35.3 Å². The molecule has 0 spiro atoms. The summed E-state index contributed by atoms with van der Waals surface area (Å²) in [6, 6.07) is 11.4. The summed E-state index contributed by atoms with van der Waals surface area (Å²) in [4.78, 5) is 62.4. The molecular formula is C43H46FN5O8S.